The molecule has 1 unspecified atom stereocenters. The number of rotatable bonds is 7. The van der Waals surface area contributed by atoms with E-state index in [1.165, 1.54) is 18.6 Å². The molecule has 1 aliphatic rings. The number of amides is 2. The largest absolute Gasteiger partial charge is 0.573 e. The summed E-state index contributed by atoms with van der Waals surface area (Å²) in [5.41, 5.74) is 0.352. The highest BCUT2D eigenvalue weighted by Crippen LogP contribution is 2.24. The maximum absolute atomic E-state index is 12.5. The molecule has 0 saturated heterocycles. The molecule has 29 heavy (non-hydrogen) atoms. The second kappa shape index (κ2) is 9.96. The van der Waals surface area contributed by atoms with Gasteiger partial charge in [-0.05, 0) is 49.9 Å². The number of likely N-dealkylation sites (N-methyl/N-ethyl adjacent to an activating group) is 1. The molecule has 1 saturated carbocycles. The second-order valence-corrected chi connectivity index (χ2v) is 7.74. The highest BCUT2D eigenvalue weighted by atomic mass is 19.4. The summed E-state index contributed by atoms with van der Waals surface area (Å²) < 4.78 is 40.3. The Kier molecular flexibility index (Phi) is 7.89. The molecule has 1 fully saturated rings. The Bertz CT molecular complexity index is 694. The monoisotopic (exact) mass is 416 g/mol. The van der Waals surface area contributed by atoms with Crippen molar-refractivity contribution in [2.45, 2.75) is 58.0 Å². The van der Waals surface area contributed by atoms with Gasteiger partial charge in [-0.3, -0.25) is 9.59 Å². The molecule has 0 heterocycles. The summed E-state index contributed by atoms with van der Waals surface area (Å²) >= 11 is 0. The highest BCUT2D eigenvalue weighted by molar-refractivity contribution is 5.91. The van der Waals surface area contributed by atoms with E-state index in [2.05, 4.69) is 22.3 Å². The maximum Gasteiger partial charge on any atom is 0.573 e. The summed E-state index contributed by atoms with van der Waals surface area (Å²) in [6.45, 7) is 3.97. The average molecular weight is 416 g/mol. The average Bonchev–Trinajstić information content (AvgIpc) is 2.63. The van der Waals surface area contributed by atoms with Crippen molar-refractivity contribution < 1.29 is 32.4 Å². The van der Waals surface area contributed by atoms with Crippen LogP contribution in [0.5, 0.6) is 5.75 Å². The molecule has 3 N–H and O–H groups in total. The summed E-state index contributed by atoms with van der Waals surface area (Å²) in [6.07, 6.45) is -0.368. The van der Waals surface area contributed by atoms with Gasteiger partial charge in [0.05, 0.1) is 7.05 Å². The van der Waals surface area contributed by atoms with Gasteiger partial charge < -0.3 is 20.3 Å². The smallest absolute Gasteiger partial charge is 0.406 e. The van der Waals surface area contributed by atoms with Crippen molar-refractivity contribution in [3.8, 4) is 5.75 Å². The van der Waals surface area contributed by atoms with E-state index in [0.29, 0.717) is 11.6 Å². The first-order chi connectivity index (χ1) is 13.5. The van der Waals surface area contributed by atoms with Crippen molar-refractivity contribution in [2.24, 2.45) is 5.92 Å². The summed E-state index contributed by atoms with van der Waals surface area (Å²) in [5.74, 6) is -0.325. The molecule has 2 rings (SSSR count). The Hall–Kier alpha value is -2.29. The molecule has 0 radical (unpaired) electrons. The lowest BCUT2D eigenvalue weighted by Crippen LogP contribution is -3.15. The normalized spacial score (nSPS) is 21.7. The third kappa shape index (κ3) is 7.56. The topological polar surface area (TPSA) is 71.9 Å². The lowest BCUT2D eigenvalue weighted by atomic mass is 9.86. The van der Waals surface area contributed by atoms with Gasteiger partial charge in [-0.1, -0.05) is 19.8 Å². The molecule has 0 bridgehead atoms. The number of carbonyl (C=O) groups is 2. The fourth-order valence-electron chi connectivity index (χ4n) is 3.41. The second-order valence-electron chi connectivity index (χ2n) is 7.74. The molecule has 1 aliphatic carbocycles. The van der Waals surface area contributed by atoms with E-state index in [1.54, 1.807) is 14.0 Å². The minimum absolute atomic E-state index is 0.0512. The van der Waals surface area contributed by atoms with Gasteiger partial charge >= 0.3 is 6.36 Å². The molecule has 0 aliphatic heterocycles. The Balaban J connectivity index is 1.82. The van der Waals surface area contributed by atoms with Gasteiger partial charge in [-0.15, -0.1) is 13.2 Å². The maximum atomic E-state index is 12.5. The molecule has 1 aromatic carbocycles. The first-order valence-electron chi connectivity index (χ1n) is 9.83. The van der Waals surface area contributed by atoms with Crippen LogP contribution in [0.4, 0.5) is 18.9 Å². The third-order valence-corrected chi connectivity index (χ3v) is 5.38. The number of ether oxygens (including phenoxy) is 1. The first kappa shape index (κ1) is 23.0. The van der Waals surface area contributed by atoms with Gasteiger partial charge in [0.15, 0.2) is 12.6 Å². The Morgan fingerprint density at radius 3 is 2.41 bits per heavy atom. The zero-order valence-electron chi connectivity index (χ0n) is 16.9. The van der Waals surface area contributed by atoms with Crippen molar-refractivity contribution in [1.29, 1.82) is 0 Å². The Labute approximate surface area is 168 Å². The Morgan fingerprint density at radius 1 is 1.21 bits per heavy atom. The zero-order chi connectivity index (χ0) is 21.6. The molecule has 0 spiro atoms. The number of nitrogens with one attached hydrogen (secondary N) is 3. The van der Waals surface area contributed by atoms with Crippen LogP contribution in [-0.2, 0) is 9.59 Å². The number of hydrogen-bond donors (Lipinski definition) is 3. The van der Waals surface area contributed by atoms with Crippen LogP contribution >= 0.6 is 0 Å². The predicted molar refractivity (Wildman–Crippen MR) is 103 cm³/mol. The van der Waals surface area contributed by atoms with Gasteiger partial charge in [0.2, 0.25) is 0 Å². The number of quaternary nitrogens is 1. The Morgan fingerprint density at radius 2 is 1.83 bits per heavy atom. The molecule has 2 amide bonds. The van der Waals surface area contributed by atoms with Crippen LogP contribution in [0.15, 0.2) is 24.3 Å². The van der Waals surface area contributed by atoms with E-state index in [0.717, 1.165) is 36.3 Å². The van der Waals surface area contributed by atoms with Crippen molar-refractivity contribution >= 4 is 17.5 Å². The lowest BCUT2D eigenvalue weighted by Gasteiger charge is -2.31. The van der Waals surface area contributed by atoms with Crippen molar-refractivity contribution in [3.05, 3.63) is 24.3 Å². The fraction of sp³-hybridized carbons (Fsp3) is 0.600. The van der Waals surface area contributed by atoms with E-state index in [1.807, 2.05) is 0 Å². The molecule has 9 heteroatoms. The van der Waals surface area contributed by atoms with Crippen molar-refractivity contribution in [2.75, 3.05) is 18.9 Å². The molecular weight excluding hydrogens is 387 g/mol. The van der Waals surface area contributed by atoms with Crippen molar-refractivity contribution in [1.82, 2.24) is 5.32 Å². The van der Waals surface area contributed by atoms with Crippen molar-refractivity contribution in [3.63, 3.8) is 0 Å². The SMILES string of the molecule is C[C@H](C(=O)N[C@@H]1CCCC[C@@H]1C)[NH+](C)CC(=O)Nc1ccc(OC(F)(F)F)cc1. The van der Waals surface area contributed by atoms with Crippen LogP contribution in [0.1, 0.15) is 39.5 Å². The number of alkyl halides is 3. The summed E-state index contributed by atoms with van der Waals surface area (Å²) in [4.78, 5) is 25.5. The lowest BCUT2D eigenvalue weighted by molar-refractivity contribution is -0.885. The van der Waals surface area contributed by atoms with Gasteiger partial charge in [-0.25, -0.2) is 0 Å². The number of hydrogen-bond acceptors (Lipinski definition) is 3. The standard InChI is InChI=1S/C20H28F3N3O3/c1-13-6-4-5-7-17(13)25-19(28)14(2)26(3)12-18(27)24-15-8-10-16(11-9-15)29-20(21,22)23/h8-11,13-14,17H,4-7,12H2,1-3H3,(H,24,27)(H,25,28)/p+1/t13-,14+,17+/m0/s1. The number of benzene rings is 1. The fourth-order valence-corrected chi connectivity index (χ4v) is 3.41. The van der Waals surface area contributed by atoms with Crippen LogP contribution in [0, 0.1) is 5.92 Å². The first-order valence-corrected chi connectivity index (χ1v) is 9.83. The summed E-state index contributed by atoms with van der Waals surface area (Å²) in [6, 6.07) is 4.68. The minimum atomic E-state index is -4.76. The zero-order valence-corrected chi connectivity index (χ0v) is 16.9. The molecule has 0 aromatic heterocycles. The number of anilines is 1. The number of carbonyl (C=O) groups excluding carboxylic acids is 2. The molecule has 6 nitrogen and oxygen atoms in total. The van der Waals surface area contributed by atoms with Gasteiger partial charge in [0.25, 0.3) is 11.8 Å². The van der Waals surface area contributed by atoms with Gasteiger partial charge in [-0.2, -0.15) is 0 Å². The minimum Gasteiger partial charge on any atom is -0.406 e. The molecule has 4 atom stereocenters. The van der Waals surface area contributed by atoms with E-state index in [9.17, 15) is 22.8 Å². The number of halogens is 3. The van der Waals surface area contributed by atoms with E-state index < -0.39 is 12.4 Å². The summed E-state index contributed by atoms with van der Waals surface area (Å²) in [5, 5.41) is 5.72. The molecule has 162 valence electrons. The molecular formula is C20H29F3N3O3+. The van der Waals surface area contributed by atoms with E-state index >= 15 is 0 Å². The van der Waals surface area contributed by atoms with Crippen LogP contribution in [0.3, 0.4) is 0 Å². The summed E-state index contributed by atoms with van der Waals surface area (Å²) in [7, 11) is 1.76. The molecule has 1 aromatic rings. The van der Waals surface area contributed by atoms with Crippen LogP contribution in [-0.4, -0.2) is 43.9 Å². The van der Waals surface area contributed by atoms with Gasteiger partial charge in [0, 0.05) is 11.7 Å². The van der Waals surface area contributed by atoms with Crippen LogP contribution in [0.2, 0.25) is 0 Å². The van der Waals surface area contributed by atoms with Crippen LogP contribution < -0.4 is 20.3 Å². The van der Waals surface area contributed by atoms with Gasteiger partial charge in [0.1, 0.15) is 5.75 Å². The van der Waals surface area contributed by atoms with Crippen LogP contribution in [0.25, 0.3) is 0 Å². The third-order valence-electron chi connectivity index (χ3n) is 5.38. The quantitative estimate of drug-likeness (QED) is 0.638. The highest BCUT2D eigenvalue weighted by Gasteiger charge is 2.31. The predicted octanol–water partition coefficient (Wildman–Crippen LogP) is 2.12. The van der Waals surface area contributed by atoms with E-state index in [4.69, 9.17) is 0 Å². The van der Waals surface area contributed by atoms with E-state index in [-0.39, 0.29) is 30.2 Å².